The highest BCUT2D eigenvalue weighted by Gasteiger charge is 2.16. The van der Waals surface area contributed by atoms with E-state index >= 15 is 0 Å². The summed E-state index contributed by atoms with van der Waals surface area (Å²) < 4.78 is 5.55. The normalized spacial score (nSPS) is 11.4. The lowest BCUT2D eigenvalue weighted by Gasteiger charge is -2.16. The summed E-state index contributed by atoms with van der Waals surface area (Å²) in [4.78, 5) is 25.5. The summed E-state index contributed by atoms with van der Waals surface area (Å²) >= 11 is 0. The molecule has 154 valence electrons. The van der Waals surface area contributed by atoms with Crippen molar-refractivity contribution in [3.05, 3.63) is 95.6 Å². The second-order valence-corrected chi connectivity index (χ2v) is 6.98. The molecule has 0 aromatic heterocycles. The largest absolute Gasteiger partial charge is 0.494 e. The van der Waals surface area contributed by atoms with E-state index in [1.807, 2.05) is 44.2 Å². The third-order valence-corrected chi connectivity index (χ3v) is 4.66. The minimum atomic E-state index is -0.284. The number of nitrogens with one attached hydrogen (secondary N) is 2. The van der Waals surface area contributed by atoms with Crippen LogP contribution in [0.2, 0.25) is 0 Å². The molecule has 0 bridgehead atoms. The number of carbonyl (C=O) groups excluding carboxylic acids is 2. The second kappa shape index (κ2) is 10.3. The molecule has 0 aliphatic rings. The Morgan fingerprint density at radius 1 is 0.867 bits per heavy atom. The standard InChI is InChI=1S/C25H26N2O3/c1-3-17-30-21-15-13-20(14-16-21)24(28)27-23-12-8-7-11-22(23)25(29)26-18(2)19-9-5-4-6-10-19/h4-16,18H,3,17H2,1-2H3,(H,26,29)(H,27,28). The molecule has 3 aromatic rings. The summed E-state index contributed by atoms with van der Waals surface area (Å²) in [6.45, 7) is 4.60. The van der Waals surface area contributed by atoms with Gasteiger partial charge in [-0.1, -0.05) is 49.4 Å². The Bertz CT molecular complexity index is 985. The van der Waals surface area contributed by atoms with Crippen LogP contribution in [0.25, 0.3) is 0 Å². The molecule has 0 saturated carbocycles. The summed E-state index contributed by atoms with van der Waals surface area (Å²) in [6.07, 6.45) is 0.921. The van der Waals surface area contributed by atoms with E-state index in [2.05, 4.69) is 10.6 Å². The van der Waals surface area contributed by atoms with Crippen molar-refractivity contribution < 1.29 is 14.3 Å². The molecule has 30 heavy (non-hydrogen) atoms. The van der Waals surface area contributed by atoms with Gasteiger partial charge >= 0.3 is 0 Å². The van der Waals surface area contributed by atoms with Crippen LogP contribution >= 0.6 is 0 Å². The van der Waals surface area contributed by atoms with E-state index in [0.717, 1.165) is 17.7 Å². The molecular weight excluding hydrogens is 376 g/mol. The molecule has 3 aromatic carbocycles. The van der Waals surface area contributed by atoms with Crippen molar-refractivity contribution in [1.82, 2.24) is 5.32 Å². The lowest BCUT2D eigenvalue weighted by Crippen LogP contribution is -2.28. The summed E-state index contributed by atoms with van der Waals surface area (Å²) in [5.74, 6) is 0.196. The molecule has 0 saturated heterocycles. The molecule has 0 heterocycles. The minimum Gasteiger partial charge on any atom is -0.494 e. The highest BCUT2D eigenvalue weighted by molar-refractivity contribution is 6.09. The minimum absolute atomic E-state index is 0.155. The van der Waals surface area contributed by atoms with Crippen LogP contribution in [0, 0.1) is 0 Å². The molecule has 2 N–H and O–H groups in total. The average Bonchev–Trinajstić information content (AvgIpc) is 2.78. The number of anilines is 1. The first-order chi connectivity index (χ1) is 14.6. The van der Waals surface area contributed by atoms with Crippen LogP contribution in [0.15, 0.2) is 78.9 Å². The van der Waals surface area contributed by atoms with E-state index in [0.29, 0.717) is 23.4 Å². The molecule has 2 amide bonds. The van der Waals surface area contributed by atoms with E-state index < -0.39 is 0 Å². The maximum Gasteiger partial charge on any atom is 0.255 e. The van der Waals surface area contributed by atoms with Crippen LogP contribution in [0.3, 0.4) is 0 Å². The van der Waals surface area contributed by atoms with Crippen molar-refractivity contribution in [1.29, 1.82) is 0 Å². The predicted molar refractivity (Wildman–Crippen MR) is 119 cm³/mol. The quantitative estimate of drug-likeness (QED) is 0.543. The first-order valence-corrected chi connectivity index (χ1v) is 10.1. The maximum atomic E-state index is 12.8. The maximum absolute atomic E-state index is 12.8. The Morgan fingerprint density at radius 3 is 2.23 bits per heavy atom. The zero-order valence-corrected chi connectivity index (χ0v) is 17.2. The van der Waals surface area contributed by atoms with E-state index in [4.69, 9.17) is 4.74 Å². The van der Waals surface area contributed by atoms with Gasteiger partial charge in [0.05, 0.1) is 23.9 Å². The number of rotatable bonds is 8. The smallest absolute Gasteiger partial charge is 0.255 e. The third-order valence-electron chi connectivity index (χ3n) is 4.66. The molecule has 1 atom stereocenters. The highest BCUT2D eigenvalue weighted by Crippen LogP contribution is 2.20. The van der Waals surface area contributed by atoms with Crippen LogP contribution in [0.5, 0.6) is 5.75 Å². The lowest BCUT2D eigenvalue weighted by molar-refractivity contribution is 0.0941. The number of benzene rings is 3. The Kier molecular flexibility index (Phi) is 7.22. The van der Waals surface area contributed by atoms with Crippen LogP contribution in [0.4, 0.5) is 5.69 Å². The Labute approximate surface area is 177 Å². The van der Waals surface area contributed by atoms with E-state index in [1.165, 1.54) is 0 Å². The number of amides is 2. The van der Waals surface area contributed by atoms with Crippen LogP contribution in [-0.4, -0.2) is 18.4 Å². The zero-order chi connectivity index (χ0) is 21.3. The highest BCUT2D eigenvalue weighted by atomic mass is 16.5. The van der Waals surface area contributed by atoms with Crippen LogP contribution in [-0.2, 0) is 0 Å². The monoisotopic (exact) mass is 402 g/mol. The topological polar surface area (TPSA) is 67.4 Å². The van der Waals surface area contributed by atoms with Crippen molar-refractivity contribution >= 4 is 17.5 Å². The van der Waals surface area contributed by atoms with Gasteiger partial charge in [-0.25, -0.2) is 0 Å². The van der Waals surface area contributed by atoms with Crippen LogP contribution < -0.4 is 15.4 Å². The molecule has 1 unspecified atom stereocenters. The van der Waals surface area contributed by atoms with Gasteiger partial charge in [-0.05, 0) is 55.3 Å². The summed E-state index contributed by atoms with van der Waals surface area (Å²) in [7, 11) is 0. The van der Waals surface area contributed by atoms with E-state index in [9.17, 15) is 9.59 Å². The second-order valence-electron chi connectivity index (χ2n) is 6.98. The van der Waals surface area contributed by atoms with Crippen molar-refractivity contribution in [2.45, 2.75) is 26.3 Å². The summed E-state index contributed by atoms with van der Waals surface area (Å²) in [6, 6.07) is 23.5. The van der Waals surface area contributed by atoms with Gasteiger partial charge in [-0.2, -0.15) is 0 Å². The zero-order valence-electron chi connectivity index (χ0n) is 17.2. The Morgan fingerprint density at radius 2 is 1.53 bits per heavy atom. The molecule has 5 heteroatoms. The number of hydrogen-bond acceptors (Lipinski definition) is 3. The first-order valence-electron chi connectivity index (χ1n) is 10.1. The SMILES string of the molecule is CCCOc1ccc(C(=O)Nc2ccccc2C(=O)NC(C)c2ccccc2)cc1. The third kappa shape index (κ3) is 5.47. The number of hydrogen-bond donors (Lipinski definition) is 2. The fourth-order valence-corrected chi connectivity index (χ4v) is 3.01. The van der Waals surface area contributed by atoms with Gasteiger partial charge in [-0.3, -0.25) is 9.59 Å². The molecule has 5 nitrogen and oxygen atoms in total. The Hall–Kier alpha value is -3.60. The van der Waals surface area contributed by atoms with Gasteiger partial charge in [0.2, 0.25) is 0 Å². The van der Waals surface area contributed by atoms with Crippen molar-refractivity contribution in [2.24, 2.45) is 0 Å². The average molecular weight is 402 g/mol. The number of carbonyl (C=O) groups is 2. The fraction of sp³-hybridized carbons (Fsp3) is 0.200. The van der Waals surface area contributed by atoms with Gasteiger partial charge in [0.25, 0.3) is 11.8 Å². The van der Waals surface area contributed by atoms with Gasteiger partial charge in [-0.15, -0.1) is 0 Å². The molecular formula is C25H26N2O3. The molecule has 3 rings (SSSR count). The molecule has 0 aliphatic heterocycles. The van der Waals surface area contributed by atoms with E-state index in [-0.39, 0.29) is 17.9 Å². The van der Waals surface area contributed by atoms with Crippen molar-refractivity contribution in [3.8, 4) is 5.75 Å². The lowest BCUT2D eigenvalue weighted by atomic mass is 10.1. The fourth-order valence-electron chi connectivity index (χ4n) is 3.01. The molecule has 0 radical (unpaired) electrons. The molecule has 0 fully saturated rings. The van der Waals surface area contributed by atoms with Gasteiger partial charge in [0.1, 0.15) is 5.75 Å². The number of para-hydroxylation sites is 1. The number of ether oxygens (including phenoxy) is 1. The molecule has 0 spiro atoms. The Balaban J connectivity index is 1.70. The molecule has 0 aliphatic carbocycles. The van der Waals surface area contributed by atoms with Gasteiger partial charge in [0.15, 0.2) is 0 Å². The predicted octanol–water partition coefficient (Wildman–Crippen LogP) is 5.22. The van der Waals surface area contributed by atoms with Gasteiger partial charge in [0, 0.05) is 5.56 Å². The summed E-state index contributed by atoms with van der Waals surface area (Å²) in [5.41, 5.74) is 2.38. The van der Waals surface area contributed by atoms with Crippen LogP contribution in [0.1, 0.15) is 52.6 Å². The first kappa shape index (κ1) is 21.1. The van der Waals surface area contributed by atoms with Crippen molar-refractivity contribution in [3.63, 3.8) is 0 Å². The summed E-state index contributed by atoms with van der Waals surface area (Å²) in [5, 5.41) is 5.83. The van der Waals surface area contributed by atoms with Crippen molar-refractivity contribution in [2.75, 3.05) is 11.9 Å². The van der Waals surface area contributed by atoms with Gasteiger partial charge < -0.3 is 15.4 Å². The van der Waals surface area contributed by atoms with E-state index in [1.54, 1.807) is 48.5 Å².